The van der Waals surface area contributed by atoms with Gasteiger partial charge in [-0.05, 0) is 36.8 Å². The van der Waals surface area contributed by atoms with E-state index in [-0.39, 0.29) is 0 Å². The molecule has 0 atom stereocenters. The molecule has 32 heavy (non-hydrogen) atoms. The first kappa shape index (κ1) is 20.7. The van der Waals surface area contributed by atoms with E-state index in [4.69, 9.17) is 21.2 Å². The van der Waals surface area contributed by atoms with Gasteiger partial charge >= 0.3 is 0 Å². The number of aromatic nitrogens is 4. The molecule has 2 aromatic heterocycles. The monoisotopic (exact) mass is 448 g/mol. The van der Waals surface area contributed by atoms with Crippen molar-refractivity contribution in [1.82, 2.24) is 29.7 Å². The smallest absolute Gasteiger partial charge is 0.288 e. The van der Waals surface area contributed by atoms with Crippen molar-refractivity contribution in [1.29, 1.82) is 0 Å². The molecule has 5 rings (SSSR count). The van der Waals surface area contributed by atoms with Crippen LogP contribution in [-0.2, 0) is 13.2 Å². The normalized spacial score (nSPS) is 15.3. The van der Waals surface area contributed by atoms with Crippen molar-refractivity contribution in [2.24, 2.45) is 0 Å². The zero-order chi connectivity index (χ0) is 21.9. The molecule has 1 aliphatic heterocycles. The highest BCUT2D eigenvalue weighted by Gasteiger charge is 2.21. The molecule has 0 aliphatic carbocycles. The second-order valence-corrected chi connectivity index (χ2v) is 8.25. The van der Waals surface area contributed by atoms with Crippen LogP contribution in [0.25, 0.3) is 22.8 Å². The van der Waals surface area contributed by atoms with E-state index in [0.29, 0.717) is 35.7 Å². The highest BCUT2D eigenvalue weighted by molar-refractivity contribution is 7.71. The van der Waals surface area contributed by atoms with Gasteiger partial charge in [-0.2, -0.15) is 4.98 Å². The van der Waals surface area contributed by atoms with Crippen molar-refractivity contribution >= 4 is 12.2 Å². The number of aryl methyl sites for hydroxylation is 1. The molecule has 0 N–H and O–H groups in total. The van der Waals surface area contributed by atoms with Crippen LogP contribution in [0.15, 0.2) is 63.5 Å². The Morgan fingerprint density at radius 2 is 1.66 bits per heavy atom. The summed E-state index contributed by atoms with van der Waals surface area (Å²) in [5.74, 6) is 1.84. The molecule has 0 bridgehead atoms. The summed E-state index contributed by atoms with van der Waals surface area (Å²) in [6.45, 7) is 6.91. The summed E-state index contributed by atoms with van der Waals surface area (Å²) in [7, 11) is 0. The lowest BCUT2D eigenvalue weighted by atomic mass is 10.1. The van der Waals surface area contributed by atoms with E-state index in [1.165, 1.54) is 0 Å². The second-order valence-electron chi connectivity index (χ2n) is 7.90. The Morgan fingerprint density at radius 3 is 2.44 bits per heavy atom. The second kappa shape index (κ2) is 9.15. The molecule has 0 saturated carbocycles. The lowest BCUT2D eigenvalue weighted by Crippen LogP contribution is -2.46. The summed E-state index contributed by atoms with van der Waals surface area (Å²) >= 11 is 5.37. The minimum Gasteiger partial charge on any atom is -0.409 e. The first-order valence-electron chi connectivity index (χ1n) is 10.6. The number of piperazine rings is 1. The average Bonchev–Trinajstić information content (AvgIpc) is 3.43. The molecule has 9 heteroatoms. The minimum atomic E-state index is 0.390. The van der Waals surface area contributed by atoms with Gasteiger partial charge in [0.1, 0.15) is 0 Å². The molecular weight excluding hydrogens is 424 g/mol. The van der Waals surface area contributed by atoms with Gasteiger partial charge in [-0.3, -0.25) is 9.80 Å². The molecule has 0 radical (unpaired) electrons. The van der Waals surface area contributed by atoms with Crippen LogP contribution in [-0.4, -0.2) is 55.9 Å². The van der Waals surface area contributed by atoms with Gasteiger partial charge in [-0.25, -0.2) is 4.68 Å². The van der Waals surface area contributed by atoms with E-state index in [1.807, 2.05) is 48.5 Å². The van der Waals surface area contributed by atoms with E-state index >= 15 is 0 Å². The topological polar surface area (TPSA) is 76.4 Å². The van der Waals surface area contributed by atoms with Crippen molar-refractivity contribution in [3.63, 3.8) is 0 Å². The van der Waals surface area contributed by atoms with Gasteiger partial charge in [-0.1, -0.05) is 47.6 Å². The van der Waals surface area contributed by atoms with Crippen LogP contribution < -0.4 is 0 Å². The Labute approximate surface area is 191 Å². The van der Waals surface area contributed by atoms with Gasteiger partial charge in [0.15, 0.2) is 0 Å². The number of nitrogens with zero attached hydrogens (tertiary/aromatic N) is 6. The molecule has 1 saturated heterocycles. The Morgan fingerprint density at radius 1 is 0.938 bits per heavy atom. The number of rotatable bonds is 6. The van der Waals surface area contributed by atoms with Crippen LogP contribution >= 0.6 is 12.2 Å². The predicted octanol–water partition coefficient (Wildman–Crippen LogP) is 4.01. The molecule has 4 aromatic rings. The van der Waals surface area contributed by atoms with Crippen LogP contribution in [0.3, 0.4) is 0 Å². The lowest BCUT2D eigenvalue weighted by Gasteiger charge is -2.33. The molecule has 1 aliphatic rings. The predicted molar refractivity (Wildman–Crippen MR) is 122 cm³/mol. The summed E-state index contributed by atoms with van der Waals surface area (Å²) in [5, 5.41) is 8.72. The zero-order valence-electron chi connectivity index (χ0n) is 17.8. The summed E-state index contributed by atoms with van der Waals surface area (Å²) in [5.41, 5.74) is 3.06. The third-order valence-corrected chi connectivity index (χ3v) is 5.93. The van der Waals surface area contributed by atoms with Crippen molar-refractivity contribution in [2.75, 3.05) is 26.2 Å². The van der Waals surface area contributed by atoms with Crippen molar-refractivity contribution in [3.8, 4) is 22.8 Å². The fourth-order valence-electron chi connectivity index (χ4n) is 3.81. The molecule has 0 spiro atoms. The Balaban J connectivity index is 1.17. The average molecular weight is 449 g/mol. The highest BCUT2D eigenvalue weighted by atomic mass is 32.1. The van der Waals surface area contributed by atoms with Crippen LogP contribution in [0.2, 0.25) is 0 Å². The highest BCUT2D eigenvalue weighted by Crippen LogP contribution is 2.21. The van der Waals surface area contributed by atoms with Gasteiger partial charge in [0.05, 0.1) is 13.2 Å². The molecule has 0 unspecified atom stereocenters. The maximum absolute atomic E-state index is 5.69. The standard InChI is InChI=1S/C23H24N6O2S/c1-17-7-5-6-10-19(17)21-24-20(31-26-21)15-27-11-13-28(14-12-27)16-29-23(32)30-22(25-29)18-8-3-2-4-9-18/h2-10H,11-16H2,1H3. The third kappa shape index (κ3) is 4.55. The molecule has 0 amide bonds. The van der Waals surface area contributed by atoms with Crippen LogP contribution in [0.1, 0.15) is 11.5 Å². The maximum atomic E-state index is 5.69. The largest absolute Gasteiger partial charge is 0.409 e. The van der Waals surface area contributed by atoms with Crippen molar-refractivity contribution in [2.45, 2.75) is 20.1 Å². The van der Waals surface area contributed by atoms with Gasteiger partial charge in [0.25, 0.3) is 4.84 Å². The summed E-state index contributed by atoms with van der Waals surface area (Å²) in [4.78, 5) is 9.62. The molecule has 8 nitrogen and oxygen atoms in total. The fourth-order valence-corrected chi connectivity index (χ4v) is 3.99. The molecule has 1 fully saturated rings. The molecular formula is C23H24N6O2S. The summed E-state index contributed by atoms with van der Waals surface area (Å²) in [6, 6.07) is 17.9. The number of hydrogen-bond acceptors (Lipinski definition) is 8. The fraction of sp³-hybridized carbons (Fsp3) is 0.304. The van der Waals surface area contributed by atoms with E-state index in [2.05, 4.69) is 38.0 Å². The Hall–Kier alpha value is -3.14. The van der Waals surface area contributed by atoms with Gasteiger partial charge in [0, 0.05) is 37.3 Å². The van der Waals surface area contributed by atoms with E-state index in [9.17, 15) is 0 Å². The summed E-state index contributed by atoms with van der Waals surface area (Å²) in [6.07, 6.45) is 0. The first-order chi connectivity index (χ1) is 15.7. The van der Waals surface area contributed by atoms with Gasteiger partial charge in [-0.15, -0.1) is 5.10 Å². The number of benzene rings is 2. The Bertz CT molecular complexity index is 1240. The molecule has 164 valence electrons. The van der Waals surface area contributed by atoms with E-state index < -0.39 is 0 Å². The van der Waals surface area contributed by atoms with Gasteiger partial charge < -0.3 is 8.94 Å². The maximum Gasteiger partial charge on any atom is 0.288 e. The van der Waals surface area contributed by atoms with Crippen LogP contribution in [0.5, 0.6) is 0 Å². The van der Waals surface area contributed by atoms with Gasteiger partial charge in [0.2, 0.25) is 17.6 Å². The lowest BCUT2D eigenvalue weighted by molar-refractivity contribution is 0.0902. The SMILES string of the molecule is Cc1ccccc1-c1noc(CN2CCN(Cn3nc(-c4ccccc4)oc3=S)CC2)n1. The van der Waals surface area contributed by atoms with E-state index in [0.717, 1.165) is 42.9 Å². The minimum absolute atomic E-state index is 0.390. The van der Waals surface area contributed by atoms with E-state index in [1.54, 1.807) is 4.68 Å². The summed E-state index contributed by atoms with van der Waals surface area (Å²) < 4.78 is 12.9. The molecule has 3 heterocycles. The van der Waals surface area contributed by atoms with Crippen molar-refractivity contribution in [3.05, 3.63) is 70.9 Å². The Kier molecular flexibility index (Phi) is 5.93. The number of hydrogen-bond donors (Lipinski definition) is 0. The quantitative estimate of drug-likeness (QED) is 0.410. The van der Waals surface area contributed by atoms with Crippen LogP contribution in [0.4, 0.5) is 0 Å². The first-order valence-corrected chi connectivity index (χ1v) is 11.0. The molecule has 2 aromatic carbocycles. The van der Waals surface area contributed by atoms with Crippen molar-refractivity contribution < 1.29 is 8.94 Å². The third-order valence-electron chi connectivity index (χ3n) is 5.64. The van der Waals surface area contributed by atoms with Crippen LogP contribution in [0, 0.1) is 11.8 Å². The zero-order valence-corrected chi connectivity index (χ0v) is 18.7.